The lowest BCUT2D eigenvalue weighted by Crippen LogP contribution is -2.21. The van der Waals surface area contributed by atoms with Gasteiger partial charge in [-0.05, 0) is 50.2 Å². The summed E-state index contributed by atoms with van der Waals surface area (Å²) in [7, 11) is 0. The topological polar surface area (TPSA) is 33.5 Å². The summed E-state index contributed by atoms with van der Waals surface area (Å²) >= 11 is 4.39. The van der Waals surface area contributed by atoms with Gasteiger partial charge in [0.15, 0.2) is 5.76 Å². The van der Waals surface area contributed by atoms with Gasteiger partial charge in [0.2, 0.25) is 5.43 Å². The van der Waals surface area contributed by atoms with Crippen molar-refractivity contribution in [3.63, 3.8) is 0 Å². The van der Waals surface area contributed by atoms with Gasteiger partial charge in [-0.2, -0.15) is 0 Å². The minimum Gasteiger partial charge on any atom is -0.455 e. The summed E-state index contributed by atoms with van der Waals surface area (Å²) in [6, 6.07) is 15.3. The van der Waals surface area contributed by atoms with Gasteiger partial charge >= 0.3 is 0 Å². The van der Waals surface area contributed by atoms with Crippen LogP contribution in [0.25, 0.3) is 22.3 Å². The molecule has 118 valence electrons. The van der Waals surface area contributed by atoms with Crippen LogP contribution in [-0.4, -0.2) is 13.1 Å². The monoisotopic (exact) mass is 325 g/mol. The van der Waals surface area contributed by atoms with Gasteiger partial charge in [-0.1, -0.05) is 12.1 Å². The average molecular weight is 325 g/mol. The first-order valence-electron chi connectivity index (χ1n) is 7.75. The zero-order valence-corrected chi connectivity index (χ0v) is 14.1. The molecular weight excluding hydrogens is 306 g/mol. The van der Waals surface area contributed by atoms with Crippen LogP contribution >= 0.6 is 12.6 Å². The Labute approximate surface area is 141 Å². The third kappa shape index (κ3) is 2.86. The third-order valence-electron chi connectivity index (χ3n) is 4.03. The predicted molar refractivity (Wildman–Crippen MR) is 98.7 cm³/mol. The van der Waals surface area contributed by atoms with Crippen molar-refractivity contribution in [2.45, 2.75) is 18.7 Å². The Hall–Kier alpha value is -2.20. The first-order valence-corrected chi connectivity index (χ1v) is 8.20. The molecule has 0 N–H and O–H groups in total. The SMILES string of the molecule is CCN(CC)c1ccc(-c2oc3ccccc3c(=O)c2S)cc1. The van der Waals surface area contributed by atoms with Gasteiger partial charge in [0.25, 0.3) is 0 Å². The fraction of sp³-hybridized carbons (Fsp3) is 0.211. The number of hydrogen-bond acceptors (Lipinski definition) is 4. The second-order valence-electron chi connectivity index (χ2n) is 5.32. The number of anilines is 1. The summed E-state index contributed by atoms with van der Waals surface area (Å²) < 4.78 is 5.92. The number of rotatable bonds is 4. The Bertz CT molecular complexity index is 880. The average Bonchev–Trinajstić information content (AvgIpc) is 2.60. The highest BCUT2D eigenvalue weighted by Crippen LogP contribution is 2.29. The number of para-hydroxylation sites is 1. The van der Waals surface area contributed by atoms with Gasteiger partial charge in [-0.25, -0.2) is 0 Å². The van der Waals surface area contributed by atoms with Crippen LogP contribution in [0.1, 0.15) is 13.8 Å². The molecule has 2 aromatic carbocycles. The van der Waals surface area contributed by atoms with Gasteiger partial charge < -0.3 is 9.32 Å². The second-order valence-corrected chi connectivity index (χ2v) is 5.77. The van der Waals surface area contributed by atoms with Crippen LogP contribution in [0.3, 0.4) is 0 Å². The first-order chi connectivity index (χ1) is 11.2. The molecule has 0 radical (unpaired) electrons. The van der Waals surface area contributed by atoms with Crippen molar-refractivity contribution in [1.82, 2.24) is 0 Å². The van der Waals surface area contributed by atoms with E-state index in [-0.39, 0.29) is 5.43 Å². The molecule has 0 saturated carbocycles. The maximum atomic E-state index is 12.4. The highest BCUT2D eigenvalue weighted by Gasteiger charge is 2.13. The van der Waals surface area contributed by atoms with Crippen LogP contribution in [0.2, 0.25) is 0 Å². The van der Waals surface area contributed by atoms with Crippen LogP contribution in [0, 0.1) is 0 Å². The Morgan fingerprint density at radius 1 is 1.00 bits per heavy atom. The lowest BCUT2D eigenvalue weighted by Gasteiger charge is -2.21. The number of nitrogens with zero attached hydrogens (tertiary/aromatic N) is 1. The number of benzene rings is 2. The van der Waals surface area contributed by atoms with E-state index in [4.69, 9.17) is 4.42 Å². The molecule has 4 heteroatoms. The molecule has 0 amide bonds. The van der Waals surface area contributed by atoms with Gasteiger partial charge in [-0.15, -0.1) is 12.6 Å². The Balaban J connectivity index is 2.10. The van der Waals surface area contributed by atoms with E-state index in [1.807, 2.05) is 36.4 Å². The lowest BCUT2D eigenvalue weighted by molar-refractivity contribution is 0.605. The molecule has 0 fully saturated rings. The number of hydrogen-bond donors (Lipinski definition) is 1. The Kier molecular flexibility index (Phi) is 4.44. The van der Waals surface area contributed by atoms with Crippen molar-refractivity contribution < 1.29 is 4.42 Å². The molecule has 3 nitrogen and oxygen atoms in total. The number of fused-ring (bicyclic) bond motifs is 1. The molecule has 3 rings (SSSR count). The maximum Gasteiger partial charge on any atom is 0.206 e. The molecule has 0 atom stereocenters. The highest BCUT2D eigenvalue weighted by atomic mass is 32.1. The molecule has 3 aromatic rings. The molecule has 1 heterocycles. The van der Waals surface area contributed by atoms with Crippen LogP contribution in [0.15, 0.2) is 62.6 Å². The van der Waals surface area contributed by atoms with E-state index in [9.17, 15) is 4.79 Å². The van der Waals surface area contributed by atoms with Gasteiger partial charge in [-0.3, -0.25) is 4.79 Å². The van der Waals surface area contributed by atoms with Crippen LogP contribution in [0.5, 0.6) is 0 Å². The standard InChI is InChI=1S/C19H19NO2S/c1-3-20(4-2)14-11-9-13(10-12-14)18-19(23)17(21)15-7-5-6-8-16(15)22-18/h5-12,23H,3-4H2,1-2H3. The molecule has 0 aliphatic rings. The summed E-state index contributed by atoms with van der Waals surface area (Å²) in [6.07, 6.45) is 0. The van der Waals surface area contributed by atoms with Crippen molar-refractivity contribution in [1.29, 1.82) is 0 Å². The van der Waals surface area contributed by atoms with Crippen LogP contribution in [-0.2, 0) is 0 Å². The van der Waals surface area contributed by atoms with Crippen molar-refractivity contribution >= 4 is 29.3 Å². The molecule has 0 spiro atoms. The van der Waals surface area contributed by atoms with E-state index >= 15 is 0 Å². The van der Waals surface area contributed by atoms with Gasteiger partial charge in [0.05, 0.1) is 10.3 Å². The summed E-state index contributed by atoms with van der Waals surface area (Å²) in [5.74, 6) is 0.517. The summed E-state index contributed by atoms with van der Waals surface area (Å²) in [4.78, 5) is 15.1. The minimum atomic E-state index is -0.0991. The maximum absolute atomic E-state index is 12.4. The van der Waals surface area contributed by atoms with E-state index in [1.165, 1.54) is 0 Å². The van der Waals surface area contributed by atoms with E-state index in [1.54, 1.807) is 12.1 Å². The smallest absolute Gasteiger partial charge is 0.206 e. The molecule has 0 bridgehead atoms. The van der Waals surface area contributed by atoms with Crippen molar-refractivity contribution in [2.75, 3.05) is 18.0 Å². The summed E-state index contributed by atoms with van der Waals surface area (Å²) in [5.41, 5.74) is 2.49. The quantitative estimate of drug-likeness (QED) is 0.712. The fourth-order valence-corrected chi connectivity index (χ4v) is 3.04. The molecule has 0 aliphatic carbocycles. The third-order valence-corrected chi connectivity index (χ3v) is 4.44. The van der Waals surface area contributed by atoms with Gasteiger partial charge in [0.1, 0.15) is 5.58 Å². The van der Waals surface area contributed by atoms with Crippen molar-refractivity contribution in [3.05, 3.63) is 58.8 Å². The highest BCUT2D eigenvalue weighted by molar-refractivity contribution is 7.80. The van der Waals surface area contributed by atoms with Crippen LogP contribution in [0.4, 0.5) is 5.69 Å². The second kappa shape index (κ2) is 6.50. The van der Waals surface area contributed by atoms with E-state index in [2.05, 4.69) is 31.4 Å². The van der Waals surface area contributed by atoms with Gasteiger partial charge in [0, 0.05) is 24.3 Å². The zero-order valence-electron chi connectivity index (χ0n) is 13.2. The Morgan fingerprint density at radius 3 is 2.30 bits per heavy atom. The molecule has 23 heavy (non-hydrogen) atoms. The first kappa shape index (κ1) is 15.7. The lowest BCUT2D eigenvalue weighted by atomic mass is 10.1. The normalized spacial score (nSPS) is 10.9. The largest absolute Gasteiger partial charge is 0.455 e. The van der Waals surface area contributed by atoms with Crippen molar-refractivity contribution in [2.24, 2.45) is 0 Å². The Morgan fingerprint density at radius 2 is 1.65 bits per heavy atom. The minimum absolute atomic E-state index is 0.0991. The van der Waals surface area contributed by atoms with Crippen molar-refractivity contribution in [3.8, 4) is 11.3 Å². The predicted octanol–water partition coefficient (Wildman–Crippen LogP) is 4.59. The fourth-order valence-electron chi connectivity index (χ4n) is 2.74. The number of thiol groups is 1. The summed E-state index contributed by atoms with van der Waals surface area (Å²) in [6.45, 7) is 6.18. The van der Waals surface area contributed by atoms with Crippen LogP contribution < -0.4 is 10.3 Å². The van der Waals surface area contributed by atoms with E-state index in [0.717, 1.165) is 24.3 Å². The molecule has 0 unspecified atom stereocenters. The molecule has 0 saturated heterocycles. The summed E-state index contributed by atoms with van der Waals surface area (Å²) in [5, 5.41) is 0.556. The van der Waals surface area contributed by atoms with E-state index < -0.39 is 0 Å². The van der Waals surface area contributed by atoms with E-state index in [0.29, 0.717) is 21.6 Å². The molecule has 0 aliphatic heterocycles. The zero-order chi connectivity index (χ0) is 16.4. The molecule has 1 aromatic heterocycles. The molecular formula is C19H19NO2S.